The fourth-order valence-electron chi connectivity index (χ4n) is 3.02. The molecule has 1 aliphatic heterocycles. The number of benzene rings is 2. The predicted octanol–water partition coefficient (Wildman–Crippen LogP) is 2.36. The van der Waals surface area contributed by atoms with Crippen LogP contribution in [-0.4, -0.2) is 31.7 Å². The van der Waals surface area contributed by atoms with Gasteiger partial charge in [-0.2, -0.15) is 0 Å². The molecule has 3 rings (SSSR count). The summed E-state index contributed by atoms with van der Waals surface area (Å²) in [5, 5.41) is 12.4. The van der Waals surface area contributed by atoms with Crippen LogP contribution in [0, 0.1) is 0 Å². The molecule has 0 aromatic heterocycles. The lowest BCUT2D eigenvalue weighted by molar-refractivity contribution is 0.102. The van der Waals surface area contributed by atoms with Crippen molar-refractivity contribution in [3.8, 4) is 5.75 Å². The SMILES string of the molecule is CC1Cc2cc(C(=O)Nc3ccccc3O)ccc2N1S(C)(=O)=O. The zero-order chi connectivity index (χ0) is 17.5. The van der Waals surface area contributed by atoms with Crippen LogP contribution in [0.2, 0.25) is 0 Å². The molecule has 0 saturated carbocycles. The lowest BCUT2D eigenvalue weighted by Crippen LogP contribution is -2.34. The largest absolute Gasteiger partial charge is 0.506 e. The third kappa shape index (κ3) is 2.94. The number of carbonyl (C=O) groups excluding carboxylic acids is 1. The molecular formula is C17H18N2O4S. The highest BCUT2D eigenvalue weighted by molar-refractivity contribution is 7.92. The molecule has 7 heteroatoms. The molecule has 0 fully saturated rings. The molecule has 0 saturated heterocycles. The summed E-state index contributed by atoms with van der Waals surface area (Å²) in [7, 11) is -3.35. The lowest BCUT2D eigenvalue weighted by atomic mass is 10.1. The fourth-order valence-corrected chi connectivity index (χ4v) is 4.29. The maximum Gasteiger partial charge on any atom is 0.255 e. The third-order valence-corrected chi connectivity index (χ3v) is 5.28. The van der Waals surface area contributed by atoms with Gasteiger partial charge >= 0.3 is 0 Å². The van der Waals surface area contributed by atoms with Gasteiger partial charge in [0.25, 0.3) is 5.91 Å². The molecule has 1 aliphatic rings. The van der Waals surface area contributed by atoms with Crippen molar-refractivity contribution in [3.63, 3.8) is 0 Å². The van der Waals surface area contributed by atoms with E-state index in [1.165, 1.54) is 16.6 Å². The van der Waals surface area contributed by atoms with Crippen LogP contribution in [0.3, 0.4) is 0 Å². The molecule has 6 nitrogen and oxygen atoms in total. The number of hydrogen-bond acceptors (Lipinski definition) is 4. The number of rotatable bonds is 3. The first-order valence-electron chi connectivity index (χ1n) is 7.49. The van der Waals surface area contributed by atoms with Crippen LogP contribution in [-0.2, 0) is 16.4 Å². The van der Waals surface area contributed by atoms with Crippen molar-refractivity contribution in [1.29, 1.82) is 0 Å². The number of sulfonamides is 1. The number of carbonyl (C=O) groups is 1. The maximum atomic E-state index is 12.4. The van der Waals surface area contributed by atoms with E-state index >= 15 is 0 Å². The maximum absolute atomic E-state index is 12.4. The van der Waals surface area contributed by atoms with Crippen molar-refractivity contribution in [3.05, 3.63) is 53.6 Å². The van der Waals surface area contributed by atoms with Gasteiger partial charge in [-0.25, -0.2) is 8.42 Å². The summed E-state index contributed by atoms with van der Waals surface area (Å²) in [4.78, 5) is 12.4. The van der Waals surface area contributed by atoms with Crippen LogP contribution in [0.5, 0.6) is 5.75 Å². The number of amides is 1. The summed E-state index contributed by atoms with van der Waals surface area (Å²) >= 11 is 0. The van der Waals surface area contributed by atoms with Crippen LogP contribution >= 0.6 is 0 Å². The Morgan fingerprint density at radius 1 is 1.25 bits per heavy atom. The Morgan fingerprint density at radius 3 is 2.62 bits per heavy atom. The quantitative estimate of drug-likeness (QED) is 0.835. The van der Waals surface area contributed by atoms with Gasteiger partial charge in [-0.15, -0.1) is 0 Å². The van der Waals surface area contributed by atoms with Crippen LogP contribution in [0.15, 0.2) is 42.5 Å². The Kier molecular flexibility index (Phi) is 3.96. The second-order valence-electron chi connectivity index (χ2n) is 5.93. The van der Waals surface area contributed by atoms with Crippen LogP contribution in [0.4, 0.5) is 11.4 Å². The average Bonchev–Trinajstić information content (AvgIpc) is 2.84. The normalized spacial score (nSPS) is 16.8. The summed E-state index contributed by atoms with van der Waals surface area (Å²) < 4.78 is 25.2. The van der Waals surface area contributed by atoms with E-state index in [2.05, 4.69) is 5.32 Å². The number of nitrogens with zero attached hydrogens (tertiary/aromatic N) is 1. The molecule has 2 N–H and O–H groups in total. The molecule has 2 aromatic carbocycles. The number of hydrogen-bond donors (Lipinski definition) is 2. The smallest absolute Gasteiger partial charge is 0.255 e. The predicted molar refractivity (Wildman–Crippen MR) is 93.0 cm³/mol. The first-order valence-corrected chi connectivity index (χ1v) is 9.34. The zero-order valence-corrected chi connectivity index (χ0v) is 14.2. The highest BCUT2D eigenvalue weighted by atomic mass is 32.2. The molecule has 1 amide bonds. The van der Waals surface area contributed by atoms with Gasteiger partial charge in [-0.05, 0) is 49.2 Å². The molecule has 126 valence electrons. The molecule has 0 aliphatic carbocycles. The minimum absolute atomic E-state index is 0.0103. The Labute approximate surface area is 140 Å². The van der Waals surface area contributed by atoms with Crippen molar-refractivity contribution >= 4 is 27.3 Å². The van der Waals surface area contributed by atoms with Gasteiger partial charge in [-0.3, -0.25) is 9.10 Å². The van der Waals surface area contributed by atoms with Gasteiger partial charge in [0.1, 0.15) is 5.75 Å². The summed E-state index contributed by atoms with van der Waals surface area (Å²) in [5.41, 5.74) is 2.18. The van der Waals surface area contributed by atoms with E-state index in [0.29, 0.717) is 23.4 Å². The molecule has 1 unspecified atom stereocenters. The van der Waals surface area contributed by atoms with Crippen LogP contribution in [0.1, 0.15) is 22.8 Å². The molecule has 0 spiro atoms. The minimum Gasteiger partial charge on any atom is -0.506 e. The average molecular weight is 346 g/mol. The second kappa shape index (κ2) is 5.83. The molecular weight excluding hydrogens is 328 g/mol. The molecule has 1 atom stereocenters. The number of para-hydroxylation sites is 2. The van der Waals surface area contributed by atoms with Crippen molar-refractivity contribution in [2.24, 2.45) is 0 Å². The Balaban J connectivity index is 1.89. The van der Waals surface area contributed by atoms with Gasteiger partial charge in [-0.1, -0.05) is 12.1 Å². The van der Waals surface area contributed by atoms with Gasteiger partial charge in [0, 0.05) is 11.6 Å². The summed E-state index contributed by atoms with van der Waals surface area (Å²) in [6.07, 6.45) is 1.73. The van der Waals surface area contributed by atoms with Crippen LogP contribution in [0.25, 0.3) is 0 Å². The van der Waals surface area contributed by atoms with Crippen LogP contribution < -0.4 is 9.62 Å². The highest BCUT2D eigenvalue weighted by Crippen LogP contribution is 2.35. The lowest BCUT2D eigenvalue weighted by Gasteiger charge is -2.21. The molecule has 2 aromatic rings. The zero-order valence-electron chi connectivity index (χ0n) is 13.4. The Bertz CT molecular complexity index is 909. The molecule has 0 radical (unpaired) electrons. The monoisotopic (exact) mass is 346 g/mol. The Morgan fingerprint density at radius 2 is 1.96 bits per heavy atom. The first kappa shape index (κ1) is 16.3. The van der Waals surface area contributed by atoms with Crippen molar-refractivity contribution < 1.29 is 18.3 Å². The number of phenolic OH excluding ortho intramolecular Hbond substituents is 1. The summed E-state index contributed by atoms with van der Waals surface area (Å²) in [6.45, 7) is 1.84. The van der Waals surface area contributed by atoms with Gasteiger partial charge < -0.3 is 10.4 Å². The number of fused-ring (bicyclic) bond motifs is 1. The first-order chi connectivity index (χ1) is 11.3. The van der Waals surface area contributed by atoms with Gasteiger partial charge in [0.05, 0.1) is 17.6 Å². The minimum atomic E-state index is -3.35. The molecule has 24 heavy (non-hydrogen) atoms. The van der Waals surface area contributed by atoms with E-state index in [1.807, 2.05) is 6.92 Å². The van der Waals surface area contributed by atoms with Crippen molar-refractivity contribution in [2.75, 3.05) is 15.9 Å². The summed E-state index contributed by atoms with van der Waals surface area (Å²) in [6, 6.07) is 11.2. The number of nitrogens with one attached hydrogen (secondary N) is 1. The van der Waals surface area contributed by atoms with Gasteiger partial charge in [0.2, 0.25) is 10.0 Å². The van der Waals surface area contributed by atoms with E-state index in [4.69, 9.17) is 0 Å². The number of anilines is 2. The molecule has 1 heterocycles. The standard InChI is InChI=1S/C17H18N2O4S/c1-11-9-13-10-12(7-8-15(13)19(11)24(2,22)23)17(21)18-14-5-3-4-6-16(14)20/h3-8,10-11,20H,9H2,1-2H3,(H,18,21). The third-order valence-electron chi connectivity index (χ3n) is 4.00. The fraction of sp³-hybridized carbons (Fsp3) is 0.235. The van der Waals surface area contributed by atoms with Crippen molar-refractivity contribution in [1.82, 2.24) is 0 Å². The van der Waals surface area contributed by atoms with E-state index in [0.717, 1.165) is 5.56 Å². The highest BCUT2D eigenvalue weighted by Gasteiger charge is 2.32. The Hall–Kier alpha value is -2.54. The van der Waals surface area contributed by atoms with E-state index < -0.39 is 10.0 Å². The van der Waals surface area contributed by atoms with Crippen molar-refractivity contribution in [2.45, 2.75) is 19.4 Å². The molecule has 0 bridgehead atoms. The van der Waals surface area contributed by atoms with Gasteiger partial charge in [0.15, 0.2) is 0 Å². The van der Waals surface area contributed by atoms with E-state index in [-0.39, 0.29) is 17.7 Å². The number of phenols is 1. The number of aromatic hydroxyl groups is 1. The van der Waals surface area contributed by atoms with E-state index in [9.17, 15) is 18.3 Å². The topological polar surface area (TPSA) is 86.7 Å². The second-order valence-corrected chi connectivity index (χ2v) is 7.79. The van der Waals surface area contributed by atoms with E-state index in [1.54, 1.807) is 36.4 Å². The summed E-state index contributed by atoms with van der Waals surface area (Å²) in [5.74, 6) is -0.367.